The van der Waals surface area contributed by atoms with Gasteiger partial charge in [-0.05, 0) is 0 Å². The number of rotatable bonds is 2. The van der Waals surface area contributed by atoms with Gasteiger partial charge in [-0.1, -0.05) is 0 Å². The molecular weight excluding hydrogens is 177 g/mol. The summed E-state index contributed by atoms with van der Waals surface area (Å²) in [6.07, 6.45) is 0.934. The standard InChI is InChI=1S/C3H5Cl2.Ga/c1-2-3(4)5;/h3H,1-2H2;. The summed E-state index contributed by atoms with van der Waals surface area (Å²) >= 11 is 12.4. The van der Waals surface area contributed by atoms with Crippen LogP contribution in [0.2, 0.25) is 4.98 Å². The van der Waals surface area contributed by atoms with Crippen molar-refractivity contribution in [2.24, 2.45) is 0 Å². The molecule has 0 spiro atoms. The van der Waals surface area contributed by atoms with Crippen LogP contribution < -0.4 is 0 Å². The van der Waals surface area contributed by atoms with E-state index in [1.807, 2.05) is 0 Å². The summed E-state index contributed by atoms with van der Waals surface area (Å²) in [6.45, 7) is 0. The zero-order valence-corrected chi connectivity index (χ0v) is 7.26. The molecule has 0 N–H and O–H groups in total. The molecule has 6 heavy (non-hydrogen) atoms. The van der Waals surface area contributed by atoms with Crippen LogP contribution in [0.15, 0.2) is 0 Å². The van der Waals surface area contributed by atoms with E-state index in [4.69, 9.17) is 23.2 Å². The molecule has 0 amide bonds. The fourth-order valence-corrected chi connectivity index (χ4v) is 1.96. The van der Waals surface area contributed by atoms with Gasteiger partial charge in [0.05, 0.1) is 0 Å². The van der Waals surface area contributed by atoms with Crippen molar-refractivity contribution in [1.29, 1.82) is 0 Å². The summed E-state index contributed by atoms with van der Waals surface area (Å²) in [5, 5.41) is 0. The van der Waals surface area contributed by atoms with Crippen LogP contribution in [0, 0.1) is 0 Å². The van der Waals surface area contributed by atoms with Crippen molar-refractivity contribution >= 4 is 41.8 Å². The number of hydrogen-bond acceptors (Lipinski definition) is 0. The van der Waals surface area contributed by atoms with Gasteiger partial charge >= 0.3 is 58.0 Å². The van der Waals surface area contributed by atoms with Gasteiger partial charge in [0.15, 0.2) is 0 Å². The molecule has 0 heterocycles. The molecule has 2 radical (unpaired) electrons. The molecule has 0 fully saturated rings. The van der Waals surface area contributed by atoms with E-state index in [0.717, 1.165) is 11.4 Å². The molecule has 0 aromatic carbocycles. The van der Waals surface area contributed by atoms with E-state index < -0.39 is 0 Å². The van der Waals surface area contributed by atoms with Gasteiger partial charge in [0.25, 0.3) is 0 Å². The zero-order chi connectivity index (χ0) is 4.99. The van der Waals surface area contributed by atoms with Crippen LogP contribution in [0.25, 0.3) is 0 Å². The Balaban J connectivity index is 2.63. The van der Waals surface area contributed by atoms with Crippen LogP contribution >= 0.6 is 23.2 Å². The molecule has 0 saturated heterocycles. The summed E-state index contributed by atoms with van der Waals surface area (Å²) in [7, 11) is 0. The van der Waals surface area contributed by atoms with Crippen molar-refractivity contribution < 1.29 is 0 Å². The van der Waals surface area contributed by atoms with E-state index in [0.29, 0.717) is 0 Å². The van der Waals surface area contributed by atoms with Crippen LogP contribution in [0.4, 0.5) is 0 Å². The first-order valence-electron chi connectivity index (χ1n) is 1.75. The maximum absolute atomic E-state index is 5.35. The van der Waals surface area contributed by atoms with Crippen molar-refractivity contribution in [1.82, 2.24) is 0 Å². The van der Waals surface area contributed by atoms with Crippen LogP contribution in [-0.4, -0.2) is 23.4 Å². The summed E-state index contributed by atoms with van der Waals surface area (Å²) in [6, 6.07) is 0. The topological polar surface area (TPSA) is 0 Å². The van der Waals surface area contributed by atoms with Gasteiger partial charge in [0, 0.05) is 0 Å². The third-order valence-corrected chi connectivity index (χ3v) is 1.52. The predicted octanol–water partition coefficient (Wildman–Crippen LogP) is 1.77. The molecule has 0 aromatic rings. The molecule has 0 unspecified atom stereocenters. The average molecular weight is 182 g/mol. The molecule has 34 valence electrons. The Labute approximate surface area is 58.1 Å². The van der Waals surface area contributed by atoms with E-state index in [-0.39, 0.29) is 4.84 Å². The molecular formula is C3H5Cl2Ga. The Hall–Kier alpha value is 1.22. The summed E-state index contributed by atoms with van der Waals surface area (Å²) in [4.78, 5) is 0.988. The Morgan fingerprint density at radius 2 is 2.00 bits per heavy atom. The number of alkyl halides is 2. The van der Waals surface area contributed by atoms with Crippen molar-refractivity contribution in [2.75, 3.05) is 0 Å². The summed E-state index contributed by atoms with van der Waals surface area (Å²) < 4.78 is 0. The second-order valence-corrected chi connectivity index (χ2v) is 3.46. The quantitative estimate of drug-likeness (QED) is 0.450. The predicted molar refractivity (Wildman–Crippen MR) is 30.7 cm³/mol. The second-order valence-electron chi connectivity index (χ2n) is 0.968. The fraction of sp³-hybridized carbons (Fsp3) is 1.00. The van der Waals surface area contributed by atoms with Gasteiger partial charge in [0.1, 0.15) is 0 Å². The third-order valence-electron chi connectivity index (χ3n) is 0.385. The van der Waals surface area contributed by atoms with Crippen molar-refractivity contribution in [3.63, 3.8) is 0 Å². The van der Waals surface area contributed by atoms with Gasteiger partial charge in [-0.15, -0.1) is 0 Å². The number of hydrogen-bond donors (Lipinski definition) is 0. The van der Waals surface area contributed by atoms with Gasteiger partial charge < -0.3 is 0 Å². The maximum atomic E-state index is 5.35. The van der Waals surface area contributed by atoms with E-state index in [9.17, 15) is 0 Å². The Morgan fingerprint density at radius 3 is 2.00 bits per heavy atom. The molecule has 0 rings (SSSR count). The van der Waals surface area contributed by atoms with E-state index in [1.54, 1.807) is 18.6 Å². The van der Waals surface area contributed by atoms with Gasteiger partial charge in [-0.2, -0.15) is 0 Å². The molecule has 0 saturated carbocycles. The van der Waals surface area contributed by atoms with Crippen molar-refractivity contribution in [3.8, 4) is 0 Å². The molecule has 0 aliphatic rings. The molecule has 0 atom stereocenters. The van der Waals surface area contributed by atoms with E-state index in [2.05, 4.69) is 0 Å². The number of halogens is 2. The van der Waals surface area contributed by atoms with Gasteiger partial charge in [-0.3, -0.25) is 0 Å². The SMILES string of the molecule is ClC(Cl)C[CH2][Ga]. The van der Waals surface area contributed by atoms with E-state index >= 15 is 0 Å². The first kappa shape index (κ1) is 7.22. The molecule has 0 aliphatic heterocycles. The Bertz CT molecular complexity index is 30.0. The molecule has 0 bridgehead atoms. The minimum atomic E-state index is -0.142. The van der Waals surface area contributed by atoms with E-state index in [1.165, 1.54) is 0 Å². The summed E-state index contributed by atoms with van der Waals surface area (Å²) in [5.74, 6) is 0. The first-order valence-corrected chi connectivity index (χ1v) is 4.34. The molecule has 0 aromatic heterocycles. The molecule has 0 aliphatic carbocycles. The van der Waals surface area contributed by atoms with Crippen LogP contribution in [0.1, 0.15) is 6.42 Å². The Morgan fingerprint density at radius 1 is 1.50 bits per heavy atom. The van der Waals surface area contributed by atoms with Gasteiger partial charge in [0.2, 0.25) is 0 Å². The average Bonchev–Trinajstić information content (AvgIpc) is 1.35. The fourth-order valence-electron chi connectivity index (χ4n) is 0.126. The third kappa shape index (κ3) is 5.22. The second kappa shape index (κ2) is 4.38. The minimum absolute atomic E-state index is 0.142. The van der Waals surface area contributed by atoms with Crippen molar-refractivity contribution in [2.45, 2.75) is 16.2 Å². The molecule has 3 heteroatoms. The Kier molecular flexibility index (Phi) is 5.26. The van der Waals surface area contributed by atoms with Gasteiger partial charge in [-0.25, -0.2) is 0 Å². The first-order chi connectivity index (χ1) is 2.77. The van der Waals surface area contributed by atoms with Crippen LogP contribution in [-0.2, 0) is 0 Å². The van der Waals surface area contributed by atoms with Crippen LogP contribution in [0.5, 0.6) is 0 Å². The summed E-state index contributed by atoms with van der Waals surface area (Å²) in [5.41, 5.74) is 0. The monoisotopic (exact) mass is 180 g/mol. The normalized spacial score (nSPS) is 9.83. The van der Waals surface area contributed by atoms with Crippen LogP contribution in [0.3, 0.4) is 0 Å². The van der Waals surface area contributed by atoms with Crippen molar-refractivity contribution in [3.05, 3.63) is 0 Å². The zero-order valence-electron chi connectivity index (χ0n) is 3.32. The molecule has 0 nitrogen and oxygen atoms in total.